The number of nitrogens with zero attached hydrogens (tertiary/aromatic N) is 1. The number of hydrogen-bond acceptors (Lipinski definition) is 5. The van der Waals surface area contributed by atoms with Crippen LogP contribution in [-0.4, -0.2) is 40.9 Å². The maximum atomic E-state index is 12.8. The molecule has 9 nitrogen and oxygen atoms in total. The van der Waals surface area contributed by atoms with Gasteiger partial charge in [0.15, 0.2) is 0 Å². The molecule has 6 amide bonds. The number of imide groups is 2. The second-order valence-corrected chi connectivity index (χ2v) is 6.75. The van der Waals surface area contributed by atoms with Crippen LogP contribution in [0.3, 0.4) is 0 Å². The van der Waals surface area contributed by atoms with Crippen molar-refractivity contribution in [2.75, 3.05) is 6.54 Å². The van der Waals surface area contributed by atoms with Gasteiger partial charge in [-0.25, -0.2) is 9.59 Å². The highest BCUT2D eigenvalue weighted by atomic mass is 16.3. The lowest BCUT2D eigenvalue weighted by Gasteiger charge is -2.36. The molecule has 1 aromatic heterocycles. The number of furan rings is 1. The summed E-state index contributed by atoms with van der Waals surface area (Å²) in [7, 11) is 0. The van der Waals surface area contributed by atoms with E-state index < -0.39 is 30.1 Å². The monoisotopic (exact) mass is 362 g/mol. The van der Waals surface area contributed by atoms with E-state index >= 15 is 0 Å². The Hall–Kier alpha value is -2.84. The van der Waals surface area contributed by atoms with E-state index in [-0.39, 0.29) is 18.4 Å². The van der Waals surface area contributed by atoms with Crippen LogP contribution in [0.2, 0.25) is 0 Å². The van der Waals surface area contributed by atoms with Gasteiger partial charge in [0, 0.05) is 0 Å². The minimum absolute atomic E-state index is 0.0114. The largest absolute Gasteiger partial charge is 0.467 e. The first-order valence-corrected chi connectivity index (χ1v) is 8.66. The van der Waals surface area contributed by atoms with Crippen molar-refractivity contribution in [3.63, 3.8) is 0 Å². The second kappa shape index (κ2) is 7.19. The Kier molecular flexibility index (Phi) is 4.97. The van der Waals surface area contributed by atoms with Crippen molar-refractivity contribution in [1.82, 2.24) is 20.9 Å². The number of amides is 6. The Morgan fingerprint density at radius 2 is 2.19 bits per heavy atom. The molecule has 0 aromatic carbocycles. The van der Waals surface area contributed by atoms with E-state index in [1.54, 1.807) is 12.1 Å². The maximum Gasteiger partial charge on any atom is 0.325 e. The van der Waals surface area contributed by atoms with Crippen molar-refractivity contribution < 1.29 is 23.6 Å². The van der Waals surface area contributed by atoms with Crippen molar-refractivity contribution in [1.29, 1.82) is 0 Å². The van der Waals surface area contributed by atoms with Crippen molar-refractivity contribution in [2.24, 2.45) is 5.92 Å². The third-order valence-corrected chi connectivity index (χ3v) is 5.06. The minimum atomic E-state index is -0.919. The van der Waals surface area contributed by atoms with E-state index in [9.17, 15) is 19.2 Å². The minimum Gasteiger partial charge on any atom is -0.467 e. The molecule has 1 aliphatic carbocycles. The van der Waals surface area contributed by atoms with E-state index in [1.807, 2.05) is 6.92 Å². The van der Waals surface area contributed by atoms with Crippen LogP contribution in [0.5, 0.6) is 0 Å². The summed E-state index contributed by atoms with van der Waals surface area (Å²) >= 11 is 0. The quantitative estimate of drug-likeness (QED) is 0.693. The molecule has 2 atom stereocenters. The van der Waals surface area contributed by atoms with Gasteiger partial charge in [-0.2, -0.15) is 0 Å². The van der Waals surface area contributed by atoms with Crippen LogP contribution in [0.15, 0.2) is 22.8 Å². The van der Waals surface area contributed by atoms with Gasteiger partial charge in [-0.15, -0.1) is 0 Å². The molecule has 1 spiro atoms. The Balaban J connectivity index is 1.54. The molecule has 0 bridgehead atoms. The summed E-state index contributed by atoms with van der Waals surface area (Å²) in [4.78, 5) is 49.6. The fourth-order valence-corrected chi connectivity index (χ4v) is 3.57. The fraction of sp³-hybridized carbons (Fsp3) is 0.529. The predicted molar refractivity (Wildman–Crippen MR) is 89.7 cm³/mol. The van der Waals surface area contributed by atoms with Crippen molar-refractivity contribution in [2.45, 2.75) is 44.7 Å². The third-order valence-electron chi connectivity index (χ3n) is 5.06. The normalized spacial score (nSPS) is 25.3. The number of carbonyl (C=O) groups excluding carboxylic acids is 4. The summed E-state index contributed by atoms with van der Waals surface area (Å²) in [5.74, 6) is -0.570. The van der Waals surface area contributed by atoms with Gasteiger partial charge in [-0.05, 0) is 30.9 Å². The van der Waals surface area contributed by atoms with E-state index in [2.05, 4.69) is 16.0 Å². The zero-order valence-electron chi connectivity index (χ0n) is 14.5. The van der Waals surface area contributed by atoms with Crippen LogP contribution in [0.4, 0.5) is 9.59 Å². The first-order chi connectivity index (χ1) is 12.4. The molecular formula is C17H22N4O5. The molecule has 1 aliphatic heterocycles. The Bertz CT molecular complexity index is 717. The summed E-state index contributed by atoms with van der Waals surface area (Å²) < 4.78 is 5.07. The number of rotatable bonds is 4. The van der Waals surface area contributed by atoms with E-state index in [4.69, 9.17) is 4.42 Å². The fourth-order valence-electron chi connectivity index (χ4n) is 3.57. The number of nitrogens with one attached hydrogen (secondary N) is 3. The molecular weight excluding hydrogens is 340 g/mol. The Labute approximate surface area is 150 Å². The van der Waals surface area contributed by atoms with Crippen LogP contribution >= 0.6 is 0 Å². The SMILES string of the molecule is C[C@@H]1CCCC[C@@]12NC(=O)N(CC(=O)NC(=O)NCc1ccco1)C2=O. The van der Waals surface area contributed by atoms with Gasteiger partial charge in [0.25, 0.3) is 5.91 Å². The van der Waals surface area contributed by atoms with Crippen LogP contribution in [-0.2, 0) is 16.1 Å². The second-order valence-electron chi connectivity index (χ2n) is 6.75. The molecule has 3 N–H and O–H groups in total. The van der Waals surface area contributed by atoms with E-state index in [0.717, 1.165) is 24.2 Å². The molecule has 1 saturated carbocycles. The highest BCUT2D eigenvalue weighted by Gasteiger charge is 2.55. The molecule has 0 unspecified atom stereocenters. The lowest BCUT2D eigenvalue weighted by molar-refractivity contribution is -0.137. The maximum absolute atomic E-state index is 12.8. The first kappa shape index (κ1) is 18.0. The lowest BCUT2D eigenvalue weighted by atomic mass is 9.73. The van der Waals surface area contributed by atoms with Crippen molar-refractivity contribution >= 4 is 23.9 Å². The average molecular weight is 362 g/mol. The van der Waals surface area contributed by atoms with Crippen LogP contribution < -0.4 is 16.0 Å². The third kappa shape index (κ3) is 3.42. The molecule has 140 valence electrons. The van der Waals surface area contributed by atoms with Gasteiger partial charge < -0.3 is 15.1 Å². The van der Waals surface area contributed by atoms with Gasteiger partial charge >= 0.3 is 12.1 Å². The molecule has 1 saturated heterocycles. The molecule has 9 heteroatoms. The van der Waals surface area contributed by atoms with Gasteiger partial charge in [0.1, 0.15) is 17.8 Å². The van der Waals surface area contributed by atoms with Crippen LogP contribution in [0.25, 0.3) is 0 Å². The summed E-state index contributed by atoms with van der Waals surface area (Å²) in [6.07, 6.45) is 4.76. The summed E-state index contributed by atoms with van der Waals surface area (Å²) in [5.41, 5.74) is -0.919. The summed E-state index contributed by atoms with van der Waals surface area (Å²) in [6, 6.07) is 2.05. The average Bonchev–Trinajstić information content (AvgIpc) is 3.19. The standard InChI is InChI=1S/C17H22N4O5/c1-11-5-2-3-7-17(11)14(23)21(16(25)20-17)10-13(22)19-15(24)18-9-12-6-4-8-26-12/h4,6,8,11H,2-3,5,7,9-10H2,1H3,(H,20,25)(H2,18,19,22,24)/t11-,17-/m1/s1. The van der Waals surface area contributed by atoms with Gasteiger partial charge in [0.05, 0.1) is 12.8 Å². The summed E-state index contributed by atoms with van der Waals surface area (Å²) in [5, 5.41) is 7.33. The lowest BCUT2D eigenvalue weighted by Crippen LogP contribution is -2.54. The zero-order valence-corrected chi connectivity index (χ0v) is 14.5. The van der Waals surface area contributed by atoms with Crippen molar-refractivity contribution in [3.8, 4) is 0 Å². The van der Waals surface area contributed by atoms with Gasteiger partial charge in [-0.1, -0.05) is 19.8 Å². The molecule has 0 radical (unpaired) electrons. The molecule has 2 aliphatic rings. The van der Waals surface area contributed by atoms with E-state index in [0.29, 0.717) is 12.2 Å². The van der Waals surface area contributed by atoms with Crippen LogP contribution in [0.1, 0.15) is 38.4 Å². The summed E-state index contributed by atoms with van der Waals surface area (Å²) in [6.45, 7) is 1.56. The molecule has 26 heavy (non-hydrogen) atoms. The zero-order chi connectivity index (χ0) is 18.7. The molecule has 2 fully saturated rings. The van der Waals surface area contributed by atoms with Gasteiger partial charge in [-0.3, -0.25) is 19.8 Å². The molecule has 3 rings (SSSR count). The predicted octanol–water partition coefficient (Wildman–Crippen LogP) is 1.11. The topological polar surface area (TPSA) is 121 Å². The Morgan fingerprint density at radius 1 is 1.38 bits per heavy atom. The molecule has 1 aromatic rings. The van der Waals surface area contributed by atoms with Gasteiger partial charge in [0.2, 0.25) is 5.91 Å². The molecule has 2 heterocycles. The number of hydrogen-bond donors (Lipinski definition) is 3. The van der Waals surface area contributed by atoms with E-state index in [1.165, 1.54) is 6.26 Å². The highest BCUT2D eigenvalue weighted by Crippen LogP contribution is 2.38. The van der Waals surface area contributed by atoms with Crippen molar-refractivity contribution in [3.05, 3.63) is 24.2 Å². The number of urea groups is 2. The smallest absolute Gasteiger partial charge is 0.325 e. The van der Waals surface area contributed by atoms with Crippen LogP contribution in [0, 0.1) is 5.92 Å². The highest BCUT2D eigenvalue weighted by molar-refractivity contribution is 6.10. The Morgan fingerprint density at radius 3 is 2.88 bits per heavy atom. The number of carbonyl (C=O) groups is 4. The first-order valence-electron chi connectivity index (χ1n) is 8.66.